The second kappa shape index (κ2) is 6.71. The summed E-state index contributed by atoms with van der Waals surface area (Å²) >= 11 is 1.80. The van der Waals surface area contributed by atoms with Gasteiger partial charge < -0.3 is 14.8 Å². The van der Waals surface area contributed by atoms with Crippen LogP contribution in [-0.2, 0) is 16.0 Å². The molecule has 2 aromatic rings. The van der Waals surface area contributed by atoms with Crippen molar-refractivity contribution in [1.29, 1.82) is 0 Å². The summed E-state index contributed by atoms with van der Waals surface area (Å²) in [6, 6.07) is 12.8. The minimum absolute atomic E-state index is 0.139. The molecule has 2 heterocycles. The Morgan fingerprint density at radius 1 is 1.29 bits per heavy atom. The molecule has 21 heavy (non-hydrogen) atoms. The molecular formula is C17H21NO2S. The molecule has 0 spiro atoms. The molecule has 112 valence electrons. The Balaban J connectivity index is 1.56. The Morgan fingerprint density at radius 2 is 2.14 bits per heavy atom. The van der Waals surface area contributed by atoms with Crippen LogP contribution in [0.3, 0.4) is 0 Å². The van der Waals surface area contributed by atoms with E-state index in [0.29, 0.717) is 6.61 Å². The maximum absolute atomic E-state index is 5.63. The fourth-order valence-corrected chi connectivity index (χ4v) is 3.49. The van der Waals surface area contributed by atoms with Crippen molar-refractivity contribution in [3.05, 3.63) is 46.7 Å². The van der Waals surface area contributed by atoms with Crippen molar-refractivity contribution in [3.63, 3.8) is 0 Å². The predicted octanol–water partition coefficient (Wildman–Crippen LogP) is 3.31. The fraction of sp³-hybridized carbons (Fsp3) is 0.412. The van der Waals surface area contributed by atoms with Crippen molar-refractivity contribution in [1.82, 2.24) is 5.32 Å². The van der Waals surface area contributed by atoms with Gasteiger partial charge in [0.1, 0.15) is 5.60 Å². The summed E-state index contributed by atoms with van der Waals surface area (Å²) in [6.45, 7) is 3.20. The fourth-order valence-electron chi connectivity index (χ4n) is 2.63. The van der Waals surface area contributed by atoms with Gasteiger partial charge in [0.2, 0.25) is 0 Å². The van der Waals surface area contributed by atoms with Gasteiger partial charge in [-0.1, -0.05) is 30.3 Å². The van der Waals surface area contributed by atoms with E-state index in [4.69, 9.17) is 9.47 Å². The van der Waals surface area contributed by atoms with Crippen LogP contribution in [-0.4, -0.2) is 32.5 Å². The third kappa shape index (κ3) is 3.52. The summed E-state index contributed by atoms with van der Waals surface area (Å²) in [5.41, 5.74) is 2.43. The average molecular weight is 303 g/mol. The molecule has 0 radical (unpaired) electrons. The quantitative estimate of drug-likeness (QED) is 0.888. The molecular weight excluding hydrogens is 282 g/mol. The van der Waals surface area contributed by atoms with Crippen LogP contribution < -0.4 is 5.32 Å². The van der Waals surface area contributed by atoms with Crippen molar-refractivity contribution in [2.45, 2.75) is 18.6 Å². The van der Waals surface area contributed by atoms with Crippen LogP contribution in [0.5, 0.6) is 0 Å². The van der Waals surface area contributed by atoms with Crippen molar-refractivity contribution in [3.8, 4) is 11.1 Å². The lowest BCUT2D eigenvalue weighted by Gasteiger charge is -2.25. The van der Waals surface area contributed by atoms with E-state index in [1.165, 1.54) is 16.0 Å². The summed E-state index contributed by atoms with van der Waals surface area (Å²) in [4.78, 5) is 1.35. The zero-order valence-corrected chi connectivity index (χ0v) is 13.1. The lowest BCUT2D eigenvalue weighted by atomic mass is 10.0. The Hall–Kier alpha value is -1.20. The van der Waals surface area contributed by atoms with Crippen LogP contribution in [0.25, 0.3) is 11.1 Å². The Labute approximate surface area is 129 Å². The van der Waals surface area contributed by atoms with E-state index in [1.807, 2.05) is 6.07 Å². The lowest BCUT2D eigenvalue weighted by molar-refractivity contribution is -0.0158. The maximum Gasteiger partial charge on any atom is 0.106 e. The molecule has 1 aliphatic rings. The normalized spacial score (nSPS) is 21.8. The summed E-state index contributed by atoms with van der Waals surface area (Å²) < 4.78 is 11.1. The molecule has 1 N–H and O–H groups in total. The third-order valence-electron chi connectivity index (χ3n) is 4.01. The Kier molecular flexibility index (Phi) is 4.70. The van der Waals surface area contributed by atoms with Gasteiger partial charge in [-0.2, -0.15) is 0 Å². The zero-order chi connectivity index (χ0) is 14.5. The van der Waals surface area contributed by atoms with Crippen LogP contribution in [0, 0.1) is 0 Å². The number of hydrogen-bond acceptors (Lipinski definition) is 4. The third-order valence-corrected chi connectivity index (χ3v) is 4.94. The Morgan fingerprint density at radius 3 is 2.86 bits per heavy atom. The molecule has 1 fully saturated rings. The highest BCUT2D eigenvalue weighted by Crippen LogP contribution is 2.26. The molecule has 1 aromatic carbocycles. The van der Waals surface area contributed by atoms with E-state index < -0.39 is 0 Å². The zero-order valence-electron chi connectivity index (χ0n) is 12.3. The van der Waals surface area contributed by atoms with E-state index in [-0.39, 0.29) is 5.60 Å². The summed E-state index contributed by atoms with van der Waals surface area (Å²) in [5, 5.41) is 5.72. The van der Waals surface area contributed by atoms with Gasteiger partial charge >= 0.3 is 0 Å². The average Bonchev–Trinajstić information content (AvgIpc) is 3.18. The van der Waals surface area contributed by atoms with Crippen molar-refractivity contribution in [2.75, 3.05) is 26.9 Å². The SMILES string of the molecule is COC1(CNCc2cc(-c3ccccc3)cs2)CCOC1. The number of methoxy groups -OCH3 is 1. The number of nitrogens with one attached hydrogen (secondary N) is 1. The molecule has 1 aromatic heterocycles. The first-order chi connectivity index (χ1) is 10.3. The second-order valence-corrected chi connectivity index (χ2v) is 6.46. The minimum Gasteiger partial charge on any atom is -0.378 e. The van der Waals surface area contributed by atoms with Gasteiger partial charge in [0.15, 0.2) is 0 Å². The van der Waals surface area contributed by atoms with Crippen LogP contribution in [0.15, 0.2) is 41.8 Å². The number of hydrogen-bond donors (Lipinski definition) is 1. The van der Waals surface area contributed by atoms with Crippen molar-refractivity contribution >= 4 is 11.3 Å². The van der Waals surface area contributed by atoms with Crippen LogP contribution in [0.4, 0.5) is 0 Å². The molecule has 0 bridgehead atoms. The predicted molar refractivity (Wildman–Crippen MR) is 86.6 cm³/mol. The van der Waals surface area contributed by atoms with Gasteiger partial charge in [-0.3, -0.25) is 0 Å². The van der Waals surface area contributed by atoms with E-state index >= 15 is 0 Å². The standard InChI is InChI=1S/C17H21NO2S/c1-19-17(7-8-20-13-17)12-18-10-16-9-15(11-21-16)14-5-3-2-4-6-14/h2-6,9,11,18H,7-8,10,12-13H2,1H3. The largest absolute Gasteiger partial charge is 0.378 e. The van der Waals surface area contributed by atoms with Gasteiger partial charge in [-0.25, -0.2) is 0 Å². The molecule has 0 aliphatic carbocycles. The minimum atomic E-state index is -0.139. The van der Waals surface area contributed by atoms with Crippen LogP contribution in [0.2, 0.25) is 0 Å². The van der Waals surface area contributed by atoms with Crippen molar-refractivity contribution < 1.29 is 9.47 Å². The highest BCUT2D eigenvalue weighted by molar-refractivity contribution is 7.10. The van der Waals surface area contributed by atoms with Gasteiger partial charge in [-0.15, -0.1) is 11.3 Å². The number of rotatable bonds is 6. The molecule has 1 aliphatic heterocycles. The van der Waals surface area contributed by atoms with Gasteiger partial charge in [-0.05, 0) is 22.6 Å². The number of ether oxygens (including phenoxy) is 2. The highest BCUT2D eigenvalue weighted by Gasteiger charge is 2.34. The second-order valence-electron chi connectivity index (χ2n) is 5.46. The molecule has 3 rings (SSSR count). The molecule has 0 amide bonds. The summed E-state index contributed by atoms with van der Waals surface area (Å²) in [7, 11) is 1.77. The summed E-state index contributed by atoms with van der Waals surface area (Å²) in [5.74, 6) is 0. The molecule has 1 unspecified atom stereocenters. The molecule has 0 saturated carbocycles. The first kappa shape index (κ1) is 14.7. The van der Waals surface area contributed by atoms with E-state index in [1.54, 1.807) is 18.4 Å². The summed E-state index contributed by atoms with van der Waals surface area (Å²) in [6.07, 6.45) is 0.968. The Bertz CT molecular complexity index is 561. The van der Waals surface area contributed by atoms with Crippen molar-refractivity contribution in [2.24, 2.45) is 0 Å². The molecule has 1 saturated heterocycles. The first-order valence-electron chi connectivity index (χ1n) is 7.28. The molecule has 1 atom stereocenters. The lowest BCUT2D eigenvalue weighted by Crippen LogP contribution is -2.42. The maximum atomic E-state index is 5.63. The topological polar surface area (TPSA) is 30.5 Å². The van der Waals surface area contributed by atoms with E-state index in [9.17, 15) is 0 Å². The van der Waals surface area contributed by atoms with Gasteiger partial charge in [0, 0.05) is 38.1 Å². The smallest absolute Gasteiger partial charge is 0.106 e. The van der Waals surface area contributed by atoms with Crippen LogP contribution in [0.1, 0.15) is 11.3 Å². The molecule has 3 nitrogen and oxygen atoms in total. The van der Waals surface area contributed by atoms with Crippen LogP contribution >= 0.6 is 11.3 Å². The van der Waals surface area contributed by atoms with Gasteiger partial charge in [0.25, 0.3) is 0 Å². The first-order valence-corrected chi connectivity index (χ1v) is 8.16. The number of benzene rings is 1. The van der Waals surface area contributed by atoms with E-state index in [2.05, 4.69) is 41.0 Å². The molecule has 4 heteroatoms. The highest BCUT2D eigenvalue weighted by atomic mass is 32.1. The van der Waals surface area contributed by atoms with E-state index in [0.717, 1.165) is 26.1 Å². The monoisotopic (exact) mass is 303 g/mol. The number of thiophene rings is 1. The van der Waals surface area contributed by atoms with Gasteiger partial charge in [0.05, 0.1) is 6.61 Å².